The lowest BCUT2D eigenvalue weighted by atomic mass is 10.0. The number of anilines is 8. The molecule has 0 radical (unpaired) electrons. The number of piperidine rings is 1. The van der Waals surface area contributed by atoms with Crippen molar-refractivity contribution in [1.29, 1.82) is 0 Å². The van der Waals surface area contributed by atoms with Crippen LogP contribution in [0.4, 0.5) is 43.3 Å². The van der Waals surface area contributed by atoms with Gasteiger partial charge in [0.05, 0.1) is 129 Å². The molecule has 2 bridgehead atoms. The minimum Gasteiger partial charge on any atom is -0.383 e. The Labute approximate surface area is 709 Å². The first-order valence-electron chi connectivity index (χ1n) is 40.7. The summed E-state index contributed by atoms with van der Waals surface area (Å²) in [5, 5.41) is 45.2. The lowest BCUT2D eigenvalue weighted by Crippen LogP contribution is -2.35. The largest absolute Gasteiger partial charge is 0.383 e. The molecular weight excluding hydrogens is 1590 g/mol. The number of aromatic amines is 4. The topological polar surface area (TPSA) is 365 Å². The maximum absolute atomic E-state index is 13.5. The first kappa shape index (κ1) is 80.8. The predicted octanol–water partition coefficient (Wildman–Crippen LogP) is 14.8. The minimum absolute atomic E-state index is 0.169. The molecule has 20 rings (SSSR count). The monoisotopic (exact) mass is 1690 g/mol. The third-order valence-electron chi connectivity index (χ3n) is 22.1. The third-order valence-corrected chi connectivity index (χ3v) is 25.4. The van der Waals surface area contributed by atoms with Crippen molar-refractivity contribution in [2.45, 2.75) is 151 Å². The number of likely N-dealkylation sites (tertiary alicyclic amines) is 2. The van der Waals surface area contributed by atoms with Gasteiger partial charge in [0, 0.05) is 143 Å². The summed E-state index contributed by atoms with van der Waals surface area (Å²) in [5.74, 6) is 3.03. The van der Waals surface area contributed by atoms with Crippen molar-refractivity contribution in [1.82, 2.24) is 136 Å². The van der Waals surface area contributed by atoms with Crippen LogP contribution in [-0.4, -0.2) is 220 Å². The number of ether oxygens (including phenoxy) is 1. The van der Waals surface area contributed by atoms with E-state index >= 15 is 0 Å². The second kappa shape index (κ2) is 36.5. The molecule has 1 amide bonds. The van der Waals surface area contributed by atoms with E-state index in [0.29, 0.717) is 24.3 Å². The lowest BCUT2D eigenvalue weighted by Gasteiger charge is -2.27. The summed E-state index contributed by atoms with van der Waals surface area (Å²) in [7, 11) is 3.76. The number of thiophene rings is 1. The van der Waals surface area contributed by atoms with E-state index in [1.807, 2.05) is 120 Å². The Morgan fingerprint density at radius 2 is 0.900 bits per heavy atom. The molecule has 622 valence electrons. The number of nitrogens with one attached hydrogen (secondary N) is 8. The van der Waals surface area contributed by atoms with Crippen LogP contribution in [0.1, 0.15) is 134 Å². The van der Waals surface area contributed by atoms with E-state index in [0.717, 1.165) is 240 Å². The first-order chi connectivity index (χ1) is 58.6. The van der Waals surface area contributed by atoms with E-state index in [-0.39, 0.29) is 5.91 Å². The Morgan fingerprint density at radius 1 is 0.508 bits per heavy atom. The Kier molecular flexibility index (Phi) is 24.6. The highest BCUT2D eigenvalue weighted by molar-refractivity contribution is 7.18. The second-order valence-electron chi connectivity index (χ2n) is 31.1. The highest BCUT2D eigenvalue weighted by Gasteiger charge is 2.39. The summed E-state index contributed by atoms with van der Waals surface area (Å²) in [5.41, 5.74) is 18.8. The number of aryl methyl sites for hydroxylation is 4. The number of imidazole rings is 4. The van der Waals surface area contributed by atoms with Gasteiger partial charge in [0.2, 0.25) is 0 Å². The van der Waals surface area contributed by atoms with Gasteiger partial charge in [-0.3, -0.25) is 62.4 Å². The first-order valence-corrected chi connectivity index (χ1v) is 43.8. The molecule has 4 fully saturated rings. The molecule has 0 saturated carbocycles. The average molecular weight is 1690 g/mol. The molecule has 34 nitrogen and oxygen atoms in total. The van der Waals surface area contributed by atoms with Gasteiger partial charge in [0.25, 0.3) is 5.91 Å². The van der Waals surface area contributed by atoms with E-state index in [1.54, 1.807) is 31.9 Å². The summed E-state index contributed by atoms with van der Waals surface area (Å²) in [4.78, 5) is 63.2. The fourth-order valence-electron chi connectivity index (χ4n) is 16.1. The highest BCUT2D eigenvalue weighted by Crippen LogP contribution is 2.40. The Bertz CT molecular complexity index is 6060. The molecule has 4 saturated heterocycles. The number of fused-ring (bicyclic) bond motifs is 6. The van der Waals surface area contributed by atoms with E-state index in [1.165, 1.54) is 90.9 Å². The molecule has 38 heteroatoms. The Balaban J connectivity index is 0.000000115. The fraction of sp³-hybridized carbons (Fsp3) is 0.390. The van der Waals surface area contributed by atoms with Gasteiger partial charge in [-0.1, -0.05) is 6.92 Å². The van der Waals surface area contributed by atoms with Gasteiger partial charge in [-0.05, 0) is 190 Å². The summed E-state index contributed by atoms with van der Waals surface area (Å²) in [6.45, 7) is 24.4. The SMILES string of the molecule is CCN(Cc1cc(Nc2nc(C)cn3c(-c4cn[nH]c4)cnc23)sn1)C(C)C.COCCN(C)Cc1cc(Nc2nc(C)cn3c(-c4cn[nH]c4)cnc23)sn1.Cc1cn2c(-c3cn[nH]c3)cnc2c(Nc2cc(CN3C4CCC3CC4)ns2)n1.Cc1cn2c(-c3cn[nH]c3)cnc2c(Nc2cc(CN3CCCC3)c(C(=O)N3CCCCC3)s2)n1. The van der Waals surface area contributed by atoms with Crippen molar-refractivity contribution >= 4 is 118 Å². The van der Waals surface area contributed by atoms with Crippen molar-refractivity contribution in [2.24, 2.45) is 0 Å². The van der Waals surface area contributed by atoms with Gasteiger partial charge in [0.1, 0.15) is 15.0 Å². The molecule has 4 aliphatic heterocycles. The van der Waals surface area contributed by atoms with Gasteiger partial charge >= 0.3 is 0 Å². The van der Waals surface area contributed by atoms with Crippen LogP contribution in [-0.2, 0) is 30.9 Å². The number of H-pyrrole nitrogens is 4. The van der Waals surface area contributed by atoms with Crippen LogP contribution in [0.5, 0.6) is 0 Å². The number of nitrogens with zero attached hydrogens (tertiary/aromatic N) is 24. The number of aromatic nitrogens is 23. The molecule has 0 atom stereocenters. The number of likely N-dealkylation sites (N-methyl/N-ethyl adjacent to an activating group) is 1. The maximum Gasteiger partial charge on any atom is 0.264 e. The van der Waals surface area contributed by atoms with Crippen molar-refractivity contribution in [3.8, 4) is 45.0 Å². The van der Waals surface area contributed by atoms with E-state index in [9.17, 15) is 4.79 Å². The smallest absolute Gasteiger partial charge is 0.264 e. The number of rotatable bonds is 26. The van der Waals surface area contributed by atoms with Crippen LogP contribution in [0, 0.1) is 27.7 Å². The Hall–Kier alpha value is -11.6. The van der Waals surface area contributed by atoms with Gasteiger partial charge in [-0.2, -0.15) is 33.5 Å². The average Bonchev–Trinajstić information content (AvgIpc) is 1.63. The van der Waals surface area contributed by atoms with E-state index in [2.05, 4.69) is 182 Å². The summed E-state index contributed by atoms with van der Waals surface area (Å²) >= 11 is 5.89. The zero-order valence-corrected chi connectivity index (χ0v) is 71.9. The molecule has 0 spiro atoms. The molecule has 0 unspecified atom stereocenters. The molecular formula is C82H98N32O2S4. The predicted molar refractivity (Wildman–Crippen MR) is 470 cm³/mol. The van der Waals surface area contributed by atoms with Crippen LogP contribution in [0.15, 0.2) is 123 Å². The molecule has 120 heavy (non-hydrogen) atoms. The van der Waals surface area contributed by atoms with Crippen LogP contribution >= 0.6 is 45.9 Å². The summed E-state index contributed by atoms with van der Waals surface area (Å²) in [6.07, 6.45) is 41.1. The molecule has 0 aromatic carbocycles. The number of hydrogen-bond acceptors (Lipinski definition) is 29. The molecule has 20 heterocycles. The fourth-order valence-corrected chi connectivity index (χ4v) is 19.1. The van der Waals surface area contributed by atoms with Crippen molar-refractivity contribution in [2.75, 3.05) is 81.3 Å². The number of hydrogen-bond donors (Lipinski definition) is 8. The van der Waals surface area contributed by atoms with Crippen molar-refractivity contribution in [3.63, 3.8) is 0 Å². The molecule has 4 aliphatic rings. The molecule has 16 aromatic heterocycles. The van der Waals surface area contributed by atoms with Gasteiger partial charge in [-0.15, -0.1) is 11.3 Å². The number of methoxy groups -OCH3 is 1. The third kappa shape index (κ3) is 18.3. The second-order valence-corrected chi connectivity index (χ2v) is 34.6. The van der Waals surface area contributed by atoms with Crippen LogP contribution in [0.3, 0.4) is 0 Å². The normalized spacial score (nSPS) is 15.6. The van der Waals surface area contributed by atoms with Crippen LogP contribution in [0.2, 0.25) is 0 Å². The van der Waals surface area contributed by atoms with Gasteiger partial charge in [0.15, 0.2) is 45.9 Å². The number of carbonyl (C=O) groups is 1. The zero-order chi connectivity index (χ0) is 82.3. The van der Waals surface area contributed by atoms with Crippen LogP contribution in [0.25, 0.3) is 67.6 Å². The minimum atomic E-state index is 0.169. The summed E-state index contributed by atoms with van der Waals surface area (Å²) in [6, 6.07) is 10.5. The summed E-state index contributed by atoms with van der Waals surface area (Å²) < 4.78 is 27.1. The molecule has 0 aliphatic carbocycles. The number of carbonyl (C=O) groups excluding carboxylic acids is 1. The highest BCUT2D eigenvalue weighted by atomic mass is 32.1. The lowest BCUT2D eigenvalue weighted by molar-refractivity contribution is 0.0727. The maximum atomic E-state index is 13.5. The quantitative estimate of drug-likeness (QED) is 0.0250. The molecule has 8 N–H and O–H groups in total. The molecule has 16 aromatic rings. The Morgan fingerprint density at radius 3 is 1.29 bits per heavy atom. The van der Waals surface area contributed by atoms with Crippen molar-refractivity contribution < 1.29 is 9.53 Å². The zero-order valence-electron chi connectivity index (χ0n) is 68.6. The van der Waals surface area contributed by atoms with Crippen LogP contribution < -0.4 is 21.3 Å². The van der Waals surface area contributed by atoms with E-state index < -0.39 is 0 Å². The van der Waals surface area contributed by atoms with Gasteiger partial charge < -0.3 is 30.9 Å². The van der Waals surface area contributed by atoms with Gasteiger partial charge in [-0.25, -0.2) is 39.9 Å². The number of amides is 1. The standard InChI is InChI=1S/C25H30N8OS.C20H22N8S.C19H24N8S.C18H22N8OS/c1-17-15-33-20(19-12-27-28-13-19)14-26-24(33)23(29-17)30-21-11-18(16-31-7-5-6-8-31)22(35-21)25(34)32-9-3-2-4-10-32;1-12-10-28-17(13-7-22-23-8-13)9-21-20(28)19(24-12)25-18-6-14(26-29-18)11-27-15-2-3-16(27)5-4-15;1-5-26(12(2)3)11-15-6-17(28-25-15)24-18-19-20-9-16(14-7-21-22-8-14)27(19)10-13(4)23-18;1-12-10-26-15(13-7-20-21-8-13)9-19-18(26)17(22-12)23-16-6-14(24-28-16)11-25(2)4-5-27-3/h11-15H,2-10,16H2,1H3,(H,27,28)(H,29,30);6-10,15-16H,2-5,11H2,1H3,(H,22,23)(H,24,25);6-10,12H,5,11H2,1-4H3,(H,21,22)(H,23,24);6-10H,4-5,11H2,1-3H3,(H,20,21)(H,22,23). The van der Waals surface area contributed by atoms with E-state index in [4.69, 9.17) is 14.1 Å². The van der Waals surface area contributed by atoms with Crippen molar-refractivity contribution in [3.05, 3.63) is 174 Å².